The fraction of sp³-hybridized carbons (Fsp3) is 0.455. The van der Waals surface area contributed by atoms with Crippen molar-refractivity contribution in [2.24, 2.45) is 5.41 Å². The summed E-state index contributed by atoms with van der Waals surface area (Å²) in [6.07, 6.45) is -0.306. The van der Waals surface area contributed by atoms with Crippen LogP contribution in [0.15, 0.2) is 30.3 Å². The SMILES string of the molecule is CC(C)(C)C(OP(O)O)c1ccccc1. The highest BCUT2D eigenvalue weighted by Crippen LogP contribution is 2.43. The number of hydrogen-bond donors (Lipinski definition) is 2. The van der Waals surface area contributed by atoms with Gasteiger partial charge in [-0.15, -0.1) is 0 Å². The zero-order valence-corrected chi connectivity index (χ0v) is 10.1. The molecule has 0 saturated carbocycles. The molecule has 0 aromatic heterocycles. The van der Waals surface area contributed by atoms with Crippen molar-refractivity contribution in [3.63, 3.8) is 0 Å². The summed E-state index contributed by atoms with van der Waals surface area (Å²) < 4.78 is 5.18. The van der Waals surface area contributed by atoms with E-state index in [1.165, 1.54) is 0 Å². The topological polar surface area (TPSA) is 49.7 Å². The summed E-state index contributed by atoms with van der Waals surface area (Å²) in [4.78, 5) is 17.9. The number of hydrogen-bond acceptors (Lipinski definition) is 3. The van der Waals surface area contributed by atoms with Gasteiger partial charge in [0.15, 0.2) is 0 Å². The molecule has 1 atom stereocenters. The Bertz CT molecular complexity index is 292. The average Bonchev–Trinajstić information content (AvgIpc) is 2.14. The average molecular weight is 228 g/mol. The lowest BCUT2D eigenvalue weighted by Gasteiger charge is -2.30. The molecule has 1 aromatic carbocycles. The quantitative estimate of drug-likeness (QED) is 0.782. The molecule has 0 heterocycles. The summed E-state index contributed by atoms with van der Waals surface area (Å²) in [5, 5.41) is 0. The van der Waals surface area contributed by atoms with Crippen LogP contribution in [0.4, 0.5) is 0 Å². The predicted octanol–water partition coefficient (Wildman–Crippen LogP) is 3.00. The van der Waals surface area contributed by atoms with Gasteiger partial charge < -0.3 is 14.3 Å². The zero-order valence-electron chi connectivity index (χ0n) is 9.21. The van der Waals surface area contributed by atoms with Gasteiger partial charge in [0.05, 0.1) is 6.10 Å². The highest BCUT2D eigenvalue weighted by Gasteiger charge is 2.29. The molecule has 1 rings (SSSR count). The lowest BCUT2D eigenvalue weighted by molar-refractivity contribution is 0.0725. The Morgan fingerprint density at radius 3 is 2.07 bits per heavy atom. The van der Waals surface area contributed by atoms with Gasteiger partial charge >= 0.3 is 8.60 Å². The summed E-state index contributed by atoms with van der Waals surface area (Å²) in [7, 11) is -2.33. The third-order valence-electron chi connectivity index (χ3n) is 2.09. The van der Waals surface area contributed by atoms with Crippen molar-refractivity contribution >= 4 is 8.60 Å². The van der Waals surface area contributed by atoms with E-state index in [9.17, 15) is 0 Å². The van der Waals surface area contributed by atoms with E-state index in [2.05, 4.69) is 0 Å². The van der Waals surface area contributed by atoms with Crippen LogP contribution in [-0.2, 0) is 4.52 Å². The van der Waals surface area contributed by atoms with Crippen LogP contribution >= 0.6 is 8.60 Å². The maximum Gasteiger partial charge on any atom is 0.327 e. The van der Waals surface area contributed by atoms with Gasteiger partial charge in [0, 0.05) is 0 Å². The van der Waals surface area contributed by atoms with Crippen LogP contribution in [-0.4, -0.2) is 9.79 Å². The Balaban J connectivity index is 2.92. The van der Waals surface area contributed by atoms with E-state index in [0.29, 0.717) is 0 Å². The Kier molecular flexibility index (Phi) is 4.23. The van der Waals surface area contributed by atoms with Crippen LogP contribution in [0.3, 0.4) is 0 Å². The van der Waals surface area contributed by atoms with E-state index in [-0.39, 0.29) is 11.5 Å². The minimum atomic E-state index is -2.33. The molecule has 1 unspecified atom stereocenters. The van der Waals surface area contributed by atoms with E-state index < -0.39 is 8.60 Å². The maximum absolute atomic E-state index is 8.95. The van der Waals surface area contributed by atoms with Crippen molar-refractivity contribution in [3.05, 3.63) is 35.9 Å². The summed E-state index contributed by atoms with van der Waals surface area (Å²) >= 11 is 0. The molecule has 84 valence electrons. The van der Waals surface area contributed by atoms with Crippen molar-refractivity contribution in [2.75, 3.05) is 0 Å². The second kappa shape index (κ2) is 5.04. The molecule has 0 radical (unpaired) electrons. The molecule has 2 N–H and O–H groups in total. The first-order valence-electron chi connectivity index (χ1n) is 4.81. The summed E-state index contributed by atoms with van der Waals surface area (Å²) in [5.41, 5.74) is 0.786. The minimum absolute atomic E-state index is 0.173. The molecule has 0 amide bonds. The molecule has 3 nitrogen and oxygen atoms in total. The second-order valence-electron chi connectivity index (χ2n) is 4.51. The minimum Gasteiger partial charge on any atom is -0.328 e. The molecule has 15 heavy (non-hydrogen) atoms. The van der Waals surface area contributed by atoms with E-state index in [1.54, 1.807) is 0 Å². The van der Waals surface area contributed by atoms with Crippen molar-refractivity contribution in [1.29, 1.82) is 0 Å². The van der Waals surface area contributed by atoms with Crippen molar-refractivity contribution in [1.82, 2.24) is 0 Å². The number of benzene rings is 1. The van der Waals surface area contributed by atoms with Gasteiger partial charge in [-0.25, -0.2) is 0 Å². The van der Waals surface area contributed by atoms with Crippen LogP contribution in [0.25, 0.3) is 0 Å². The molecular formula is C11H17O3P. The summed E-state index contributed by atoms with van der Waals surface area (Å²) in [5.74, 6) is 0. The molecule has 0 aliphatic carbocycles. The zero-order chi connectivity index (χ0) is 11.5. The molecular weight excluding hydrogens is 211 g/mol. The summed E-state index contributed by atoms with van der Waals surface area (Å²) in [6, 6.07) is 9.59. The molecule has 0 bridgehead atoms. The fourth-order valence-electron chi connectivity index (χ4n) is 1.44. The maximum atomic E-state index is 8.95. The van der Waals surface area contributed by atoms with E-state index in [1.807, 2.05) is 51.1 Å². The molecule has 0 saturated heterocycles. The molecule has 1 aromatic rings. The van der Waals surface area contributed by atoms with Crippen molar-refractivity contribution < 1.29 is 14.3 Å². The van der Waals surface area contributed by atoms with Crippen LogP contribution < -0.4 is 0 Å². The lowest BCUT2D eigenvalue weighted by atomic mass is 9.85. The Hall–Kier alpha value is -0.470. The molecule has 4 heteroatoms. The number of rotatable bonds is 3. The first-order chi connectivity index (χ1) is 6.91. The van der Waals surface area contributed by atoms with Gasteiger partial charge in [0.2, 0.25) is 0 Å². The predicted molar refractivity (Wildman–Crippen MR) is 61.1 cm³/mol. The van der Waals surface area contributed by atoms with Gasteiger partial charge in [0.25, 0.3) is 0 Å². The smallest absolute Gasteiger partial charge is 0.327 e. The first kappa shape index (κ1) is 12.6. The van der Waals surface area contributed by atoms with Gasteiger partial charge in [-0.3, -0.25) is 0 Å². The van der Waals surface area contributed by atoms with E-state index in [0.717, 1.165) is 5.56 Å². The Morgan fingerprint density at radius 2 is 1.67 bits per heavy atom. The highest BCUT2D eigenvalue weighted by molar-refractivity contribution is 7.39. The van der Waals surface area contributed by atoms with E-state index >= 15 is 0 Å². The first-order valence-corrected chi connectivity index (χ1v) is 5.97. The lowest BCUT2D eigenvalue weighted by Crippen LogP contribution is -2.19. The van der Waals surface area contributed by atoms with Gasteiger partial charge in [-0.2, -0.15) is 0 Å². The van der Waals surface area contributed by atoms with Crippen molar-refractivity contribution in [2.45, 2.75) is 26.9 Å². The largest absolute Gasteiger partial charge is 0.328 e. The molecule has 0 fully saturated rings. The van der Waals surface area contributed by atoms with Crippen LogP contribution in [0.2, 0.25) is 0 Å². The fourth-order valence-corrected chi connectivity index (χ4v) is 2.07. The third-order valence-corrected chi connectivity index (χ3v) is 2.49. The van der Waals surface area contributed by atoms with Gasteiger partial charge in [0.1, 0.15) is 0 Å². The van der Waals surface area contributed by atoms with E-state index in [4.69, 9.17) is 14.3 Å². The normalized spacial score (nSPS) is 14.3. The van der Waals surface area contributed by atoms with Gasteiger partial charge in [-0.1, -0.05) is 51.1 Å². The summed E-state index contributed by atoms with van der Waals surface area (Å²) in [6.45, 7) is 6.01. The van der Waals surface area contributed by atoms with Gasteiger partial charge in [-0.05, 0) is 11.0 Å². The molecule has 0 aliphatic heterocycles. The Labute approximate surface area is 91.7 Å². The molecule has 0 spiro atoms. The van der Waals surface area contributed by atoms with Crippen LogP contribution in [0, 0.1) is 5.41 Å². The third kappa shape index (κ3) is 3.88. The van der Waals surface area contributed by atoms with Crippen molar-refractivity contribution in [3.8, 4) is 0 Å². The second-order valence-corrected chi connectivity index (χ2v) is 5.23. The van der Waals surface area contributed by atoms with Crippen LogP contribution in [0.1, 0.15) is 32.4 Å². The standard InChI is InChI=1S/C11H17O3P/c1-11(2,3)10(14-15(12)13)9-7-5-4-6-8-9/h4-8,10,12-13H,1-3H3. The van der Waals surface area contributed by atoms with Crippen LogP contribution in [0.5, 0.6) is 0 Å². The monoisotopic (exact) mass is 228 g/mol. The Morgan fingerprint density at radius 1 is 1.13 bits per heavy atom. The highest BCUT2D eigenvalue weighted by atomic mass is 31.2. The molecule has 0 aliphatic rings.